The summed E-state index contributed by atoms with van der Waals surface area (Å²) in [5.74, 6) is 1.09. The van der Waals surface area contributed by atoms with Crippen LogP contribution in [0, 0.1) is 0 Å². The Morgan fingerprint density at radius 3 is 2.69 bits per heavy atom. The van der Waals surface area contributed by atoms with E-state index in [1.54, 1.807) is 30.5 Å². The molecule has 0 saturated carbocycles. The number of benzene rings is 2. The van der Waals surface area contributed by atoms with Gasteiger partial charge in [0.2, 0.25) is 12.7 Å². The summed E-state index contributed by atoms with van der Waals surface area (Å²) < 4.78 is 12.7. The van der Waals surface area contributed by atoms with Gasteiger partial charge in [0.05, 0.1) is 23.3 Å². The number of ether oxygens (including phenoxy) is 2. The highest BCUT2D eigenvalue weighted by molar-refractivity contribution is 6.02. The molecule has 2 heterocycles. The molecule has 3 aromatic rings. The van der Waals surface area contributed by atoms with E-state index in [1.807, 2.05) is 22.9 Å². The molecule has 5 rings (SSSR count). The first-order valence-corrected chi connectivity index (χ1v) is 9.22. The molecule has 1 aromatic heterocycles. The monoisotopic (exact) mass is 390 g/mol. The van der Waals surface area contributed by atoms with E-state index in [1.165, 1.54) is 0 Å². The number of aromatic nitrogens is 2. The second-order valence-electron chi connectivity index (χ2n) is 7.09. The van der Waals surface area contributed by atoms with Crippen LogP contribution in [0.5, 0.6) is 11.5 Å². The minimum absolute atomic E-state index is 0.100. The van der Waals surface area contributed by atoms with Crippen LogP contribution in [-0.2, 0) is 6.42 Å². The summed E-state index contributed by atoms with van der Waals surface area (Å²) in [6.07, 6.45) is 3.02. The molecule has 1 atom stereocenters. The standard InChI is InChI=1S/C21H18N4O4/c22-21(26)12-1-4-15(5-2-12)25-18-8-14(7-17(24-27)16(18)10-23-25)13-3-6-19-20(9-13)29-11-28-19/h1-6,9-10,14,27H,7-8,11H2,(H2,22,26)/b24-17-. The third-order valence-electron chi connectivity index (χ3n) is 5.44. The highest BCUT2D eigenvalue weighted by Crippen LogP contribution is 2.39. The van der Waals surface area contributed by atoms with E-state index in [4.69, 9.17) is 15.2 Å². The second kappa shape index (κ2) is 6.66. The SMILES string of the molecule is NC(=O)c1ccc(-n2ncc3c2CC(c2ccc4c(c2)OCO4)C/C3=N/O)cc1. The number of oxime groups is 1. The summed E-state index contributed by atoms with van der Waals surface area (Å²) in [5, 5.41) is 17.6. The summed E-state index contributed by atoms with van der Waals surface area (Å²) in [6, 6.07) is 12.8. The molecule has 0 radical (unpaired) electrons. The summed E-state index contributed by atoms with van der Waals surface area (Å²) in [6.45, 7) is 0.227. The molecule has 1 unspecified atom stereocenters. The molecular formula is C21H18N4O4. The lowest BCUT2D eigenvalue weighted by Crippen LogP contribution is -2.21. The van der Waals surface area contributed by atoms with Crippen molar-refractivity contribution in [1.82, 2.24) is 9.78 Å². The van der Waals surface area contributed by atoms with Gasteiger partial charge < -0.3 is 20.4 Å². The van der Waals surface area contributed by atoms with Crippen molar-refractivity contribution < 1.29 is 19.5 Å². The molecule has 1 aliphatic heterocycles. The predicted molar refractivity (Wildman–Crippen MR) is 104 cm³/mol. The molecule has 8 nitrogen and oxygen atoms in total. The zero-order valence-corrected chi connectivity index (χ0v) is 15.4. The van der Waals surface area contributed by atoms with Crippen molar-refractivity contribution in [3.8, 4) is 17.2 Å². The number of nitrogens with zero attached hydrogens (tertiary/aromatic N) is 3. The Bertz CT molecular complexity index is 1130. The van der Waals surface area contributed by atoms with Gasteiger partial charge in [-0.05, 0) is 54.3 Å². The number of hydrogen-bond acceptors (Lipinski definition) is 6. The largest absolute Gasteiger partial charge is 0.454 e. The molecule has 1 amide bonds. The Kier molecular flexibility index (Phi) is 3.97. The van der Waals surface area contributed by atoms with Crippen LogP contribution in [0.3, 0.4) is 0 Å². The molecule has 2 aromatic carbocycles. The van der Waals surface area contributed by atoms with E-state index in [9.17, 15) is 10.0 Å². The minimum Gasteiger partial charge on any atom is -0.454 e. The lowest BCUT2D eigenvalue weighted by atomic mass is 9.82. The predicted octanol–water partition coefficient (Wildman–Crippen LogP) is 2.61. The average molecular weight is 390 g/mol. The van der Waals surface area contributed by atoms with Crippen molar-refractivity contribution in [1.29, 1.82) is 0 Å². The van der Waals surface area contributed by atoms with Gasteiger partial charge in [0.15, 0.2) is 11.5 Å². The molecule has 1 aliphatic carbocycles. The summed E-state index contributed by atoms with van der Waals surface area (Å²) >= 11 is 0. The number of nitrogens with two attached hydrogens (primary N) is 1. The fourth-order valence-corrected chi connectivity index (χ4v) is 3.95. The number of hydrogen-bond donors (Lipinski definition) is 2. The fraction of sp³-hybridized carbons (Fsp3) is 0.190. The van der Waals surface area contributed by atoms with Gasteiger partial charge in [-0.15, -0.1) is 0 Å². The Labute approximate surface area is 166 Å². The van der Waals surface area contributed by atoms with Gasteiger partial charge in [-0.25, -0.2) is 4.68 Å². The van der Waals surface area contributed by atoms with E-state index in [0.717, 1.165) is 34.0 Å². The summed E-state index contributed by atoms with van der Waals surface area (Å²) in [4.78, 5) is 11.3. The lowest BCUT2D eigenvalue weighted by Gasteiger charge is -2.24. The second-order valence-corrected chi connectivity index (χ2v) is 7.09. The van der Waals surface area contributed by atoms with Crippen LogP contribution < -0.4 is 15.2 Å². The molecule has 146 valence electrons. The van der Waals surface area contributed by atoms with E-state index >= 15 is 0 Å². The van der Waals surface area contributed by atoms with Crippen LogP contribution >= 0.6 is 0 Å². The minimum atomic E-state index is -0.475. The topological polar surface area (TPSA) is 112 Å². The van der Waals surface area contributed by atoms with E-state index in [0.29, 0.717) is 24.1 Å². The van der Waals surface area contributed by atoms with Crippen molar-refractivity contribution in [2.24, 2.45) is 10.9 Å². The molecule has 0 saturated heterocycles. The Morgan fingerprint density at radius 1 is 1.14 bits per heavy atom. The fourth-order valence-electron chi connectivity index (χ4n) is 3.95. The van der Waals surface area contributed by atoms with E-state index < -0.39 is 5.91 Å². The zero-order chi connectivity index (χ0) is 20.0. The normalized spacial score (nSPS) is 18.6. The van der Waals surface area contributed by atoms with Crippen molar-refractivity contribution in [3.63, 3.8) is 0 Å². The molecule has 0 bridgehead atoms. The number of amides is 1. The molecular weight excluding hydrogens is 372 g/mol. The highest BCUT2D eigenvalue weighted by Gasteiger charge is 2.30. The van der Waals surface area contributed by atoms with Crippen molar-refractivity contribution in [2.45, 2.75) is 18.8 Å². The van der Waals surface area contributed by atoms with Crippen LogP contribution in [0.25, 0.3) is 5.69 Å². The smallest absolute Gasteiger partial charge is 0.248 e. The first-order chi connectivity index (χ1) is 14.1. The van der Waals surface area contributed by atoms with Crippen molar-refractivity contribution in [2.75, 3.05) is 6.79 Å². The third kappa shape index (κ3) is 2.89. The van der Waals surface area contributed by atoms with E-state index in [2.05, 4.69) is 10.3 Å². The zero-order valence-electron chi connectivity index (χ0n) is 15.4. The first-order valence-electron chi connectivity index (χ1n) is 9.22. The van der Waals surface area contributed by atoms with Crippen LogP contribution in [0.2, 0.25) is 0 Å². The Balaban J connectivity index is 1.53. The third-order valence-corrected chi connectivity index (χ3v) is 5.44. The number of carbonyl (C=O) groups excluding carboxylic acids is 1. The van der Waals surface area contributed by atoms with Crippen molar-refractivity contribution in [3.05, 3.63) is 71.0 Å². The quantitative estimate of drug-likeness (QED) is 0.527. The van der Waals surface area contributed by atoms with Gasteiger partial charge in [0, 0.05) is 17.5 Å². The van der Waals surface area contributed by atoms with Crippen molar-refractivity contribution >= 4 is 11.6 Å². The summed E-state index contributed by atoms with van der Waals surface area (Å²) in [7, 11) is 0. The maximum atomic E-state index is 11.3. The number of carbonyl (C=O) groups is 1. The molecule has 8 heteroatoms. The molecule has 0 spiro atoms. The lowest BCUT2D eigenvalue weighted by molar-refractivity contribution is 0.100. The van der Waals surface area contributed by atoms with Crippen LogP contribution in [0.1, 0.15) is 39.5 Å². The molecule has 2 aliphatic rings. The number of fused-ring (bicyclic) bond motifs is 2. The average Bonchev–Trinajstić information content (AvgIpc) is 3.39. The van der Waals surface area contributed by atoms with Gasteiger partial charge >= 0.3 is 0 Å². The van der Waals surface area contributed by atoms with Crippen LogP contribution in [0.15, 0.2) is 53.8 Å². The van der Waals surface area contributed by atoms with Crippen LogP contribution in [0.4, 0.5) is 0 Å². The summed E-state index contributed by atoms with van der Waals surface area (Å²) in [5.41, 5.74) is 10.0. The maximum Gasteiger partial charge on any atom is 0.248 e. The number of rotatable bonds is 3. The Hall–Kier alpha value is -3.81. The first kappa shape index (κ1) is 17.3. The van der Waals surface area contributed by atoms with Gasteiger partial charge in [-0.3, -0.25) is 4.79 Å². The molecule has 29 heavy (non-hydrogen) atoms. The molecule has 0 fully saturated rings. The van der Waals surface area contributed by atoms with E-state index in [-0.39, 0.29) is 12.7 Å². The van der Waals surface area contributed by atoms with Gasteiger partial charge in [-0.1, -0.05) is 11.2 Å². The molecule has 3 N–H and O–H groups in total. The van der Waals surface area contributed by atoms with Gasteiger partial charge in [-0.2, -0.15) is 5.10 Å². The number of primary amides is 1. The van der Waals surface area contributed by atoms with Gasteiger partial charge in [0.25, 0.3) is 0 Å². The van der Waals surface area contributed by atoms with Gasteiger partial charge in [0.1, 0.15) is 0 Å². The maximum absolute atomic E-state index is 11.3. The highest BCUT2D eigenvalue weighted by atomic mass is 16.7. The van der Waals surface area contributed by atoms with Crippen LogP contribution in [-0.4, -0.2) is 33.4 Å². The Morgan fingerprint density at radius 2 is 1.93 bits per heavy atom.